The summed E-state index contributed by atoms with van der Waals surface area (Å²) in [6.45, 7) is 7.80. The predicted octanol–water partition coefficient (Wildman–Crippen LogP) is 1.48. The summed E-state index contributed by atoms with van der Waals surface area (Å²) in [6, 6.07) is 0.161. The highest BCUT2D eigenvalue weighted by atomic mass is 15.3. The van der Waals surface area contributed by atoms with Crippen molar-refractivity contribution < 1.29 is 0 Å². The lowest BCUT2D eigenvalue weighted by atomic mass is 10.0. The molecule has 1 heterocycles. The highest BCUT2D eigenvalue weighted by molar-refractivity contribution is 5.25. The van der Waals surface area contributed by atoms with Crippen LogP contribution in [0.2, 0.25) is 0 Å². The van der Waals surface area contributed by atoms with Crippen LogP contribution in [-0.2, 0) is 13.5 Å². The maximum Gasteiger partial charge on any atom is 0.0628 e. The minimum absolute atomic E-state index is 0.161. The fourth-order valence-corrected chi connectivity index (χ4v) is 1.67. The summed E-state index contributed by atoms with van der Waals surface area (Å²) in [6.07, 6.45) is 3.61. The van der Waals surface area contributed by atoms with E-state index in [-0.39, 0.29) is 6.04 Å². The average molecular weight is 193 g/mol. The molecule has 1 atom stereocenters. The minimum atomic E-state index is 0.161. The van der Waals surface area contributed by atoms with Gasteiger partial charge in [-0.25, -0.2) is 0 Å². The molecule has 0 aliphatic rings. The van der Waals surface area contributed by atoms with Crippen molar-refractivity contribution in [1.29, 1.82) is 0 Å². The van der Waals surface area contributed by atoms with Gasteiger partial charge in [-0.2, -0.15) is 5.10 Å². The van der Waals surface area contributed by atoms with E-state index in [4.69, 9.17) is 5.73 Å². The van der Waals surface area contributed by atoms with Crippen molar-refractivity contribution in [1.82, 2.24) is 9.78 Å². The van der Waals surface area contributed by atoms with Crippen molar-refractivity contribution in [3.8, 4) is 0 Å². The Morgan fingerprint density at radius 1 is 1.57 bits per heavy atom. The molecule has 2 N–H and O–H groups in total. The highest BCUT2D eigenvalue weighted by Gasteiger charge is 2.11. The molecule has 1 unspecified atom stereocenters. The first-order valence-electron chi connectivity index (χ1n) is 4.91. The van der Waals surface area contributed by atoms with Gasteiger partial charge in [0.2, 0.25) is 0 Å². The van der Waals surface area contributed by atoms with Crippen LogP contribution in [0, 0.1) is 13.8 Å². The van der Waals surface area contributed by atoms with Gasteiger partial charge in [0, 0.05) is 18.8 Å². The fourth-order valence-electron chi connectivity index (χ4n) is 1.67. The largest absolute Gasteiger partial charge is 0.327 e. The zero-order valence-corrected chi connectivity index (χ0v) is 9.25. The number of nitrogens with zero attached hydrogens (tertiary/aromatic N) is 2. The van der Waals surface area contributed by atoms with Crippen molar-refractivity contribution in [2.75, 3.05) is 0 Å². The third kappa shape index (κ3) is 2.23. The third-order valence-corrected chi connectivity index (χ3v) is 2.59. The summed E-state index contributed by atoms with van der Waals surface area (Å²) in [5.74, 6) is 0. The van der Waals surface area contributed by atoms with E-state index in [1.54, 1.807) is 0 Å². The lowest BCUT2D eigenvalue weighted by molar-refractivity contribution is 0.672. The molecule has 0 amide bonds. The Labute approximate surface area is 85.6 Å². The SMILES string of the molecule is C=CCC(N)Cc1c(C)nn(C)c1C. The number of hydrogen-bond acceptors (Lipinski definition) is 2. The Bertz CT molecular complexity index is 326. The van der Waals surface area contributed by atoms with E-state index in [9.17, 15) is 0 Å². The molecule has 0 aliphatic heterocycles. The topological polar surface area (TPSA) is 43.8 Å². The average Bonchev–Trinajstić information content (AvgIpc) is 2.33. The summed E-state index contributed by atoms with van der Waals surface area (Å²) >= 11 is 0. The van der Waals surface area contributed by atoms with Crippen LogP contribution in [-0.4, -0.2) is 15.8 Å². The van der Waals surface area contributed by atoms with Crippen LogP contribution in [0.1, 0.15) is 23.4 Å². The van der Waals surface area contributed by atoms with E-state index >= 15 is 0 Å². The van der Waals surface area contributed by atoms with Gasteiger partial charge in [-0.15, -0.1) is 6.58 Å². The Morgan fingerprint density at radius 3 is 2.64 bits per heavy atom. The predicted molar refractivity (Wildman–Crippen MR) is 59.2 cm³/mol. The van der Waals surface area contributed by atoms with E-state index in [0.717, 1.165) is 18.5 Å². The summed E-state index contributed by atoms with van der Waals surface area (Å²) in [5.41, 5.74) is 9.53. The van der Waals surface area contributed by atoms with Gasteiger partial charge in [0.1, 0.15) is 0 Å². The second kappa shape index (κ2) is 4.42. The van der Waals surface area contributed by atoms with E-state index in [1.165, 1.54) is 11.3 Å². The van der Waals surface area contributed by atoms with Gasteiger partial charge in [0.25, 0.3) is 0 Å². The summed E-state index contributed by atoms with van der Waals surface area (Å²) < 4.78 is 1.91. The van der Waals surface area contributed by atoms with Gasteiger partial charge in [0.05, 0.1) is 5.69 Å². The highest BCUT2D eigenvalue weighted by Crippen LogP contribution is 2.14. The van der Waals surface area contributed by atoms with E-state index in [0.29, 0.717) is 0 Å². The van der Waals surface area contributed by atoms with Crippen LogP contribution < -0.4 is 5.73 Å². The zero-order chi connectivity index (χ0) is 10.7. The zero-order valence-electron chi connectivity index (χ0n) is 9.25. The van der Waals surface area contributed by atoms with E-state index < -0.39 is 0 Å². The standard InChI is InChI=1S/C11H19N3/c1-5-6-10(12)7-11-8(2)13-14(4)9(11)3/h5,10H,1,6-7,12H2,2-4H3. The molecular formula is C11H19N3. The molecule has 0 aromatic carbocycles. The van der Waals surface area contributed by atoms with Crippen molar-refractivity contribution in [3.63, 3.8) is 0 Å². The Kier molecular flexibility index (Phi) is 3.47. The molecule has 14 heavy (non-hydrogen) atoms. The molecule has 0 spiro atoms. The Hall–Kier alpha value is -1.09. The molecule has 0 radical (unpaired) electrons. The quantitative estimate of drug-likeness (QED) is 0.736. The molecule has 0 fully saturated rings. The Balaban J connectivity index is 2.80. The molecular weight excluding hydrogens is 174 g/mol. The second-order valence-corrected chi connectivity index (χ2v) is 3.76. The number of rotatable bonds is 4. The first-order valence-corrected chi connectivity index (χ1v) is 4.91. The fraction of sp³-hybridized carbons (Fsp3) is 0.545. The summed E-state index contributed by atoms with van der Waals surface area (Å²) in [4.78, 5) is 0. The van der Waals surface area contributed by atoms with Crippen molar-refractivity contribution in [2.24, 2.45) is 12.8 Å². The molecule has 3 nitrogen and oxygen atoms in total. The molecule has 1 aromatic rings. The van der Waals surface area contributed by atoms with Crippen molar-refractivity contribution >= 4 is 0 Å². The second-order valence-electron chi connectivity index (χ2n) is 3.76. The molecule has 1 aromatic heterocycles. The van der Waals surface area contributed by atoms with Gasteiger partial charge in [-0.05, 0) is 32.3 Å². The number of hydrogen-bond donors (Lipinski definition) is 1. The molecule has 0 saturated carbocycles. The molecule has 0 saturated heterocycles. The van der Waals surface area contributed by atoms with Crippen molar-refractivity contribution in [3.05, 3.63) is 29.6 Å². The maximum absolute atomic E-state index is 5.95. The van der Waals surface area contributed by atoms with Crippen LogP contribution in [0.5, 0.6) is 0 Å². The van der Waals surface area contributed by atoms with Crippen LogP contribution in [0.4, 0.5) is 0 Å². The lowest BCUT2D eigenvalue weighted by Crippen LogP contribution is -2.22. The first kappa shape index (κ1) is 11.0. The summed E-state index contributed by atoms with van der Waals surface area (Å²) in [5, 5.41) is 4.36. The smallest absolute Gasteiger partial charge is 0.0628 e. The van der Waals surface area contributed by atoms with Crippen molar-refractivity contribution in [2.45, 2.75) is 32.7 Å². The molecule has 78 valence electrons. The van der Waals surface area contributed by atoms with Crippen LogP contribution in [0.25, 0.3) is 0 Å². The molecule has 0 aliphatic carbocycles. The van der Waals surface area contributed by atoms with Crippen LogP contribution in [0.15, 0.2) is 12.7 Å². The normalized spacial score (nSPS) is 12.9. The van der Waals surface area contributed by atoms with E-state index in [2.05, 4.69) is 18.6 Å². The number of aromatic nitrogens is 2. The number of nitrogens with two attached hydrogens (primary N) is 1. The van der Waals surface area contributed by atoms with Gasteiger partial charge >= 0.3 is 0 Å². The maximum atomic E-state index is 5.95. The van der Waals surface area contributed by atoms with Crippen LogP contribution in [0.3, 0.4) is 0 Å². The minimum Gasteiger partial charge on any atom is -0.327 e. The van der Waals surface area contributed by atoms with Gasteiger partial charge in [0.15, 0.2) is 0 Å². The van der Waals surface area contributed by atoms with E-state index in [1.807, 2.05) is 24.7 Å². The lowest BCUT2D eigenvalue weighted by Gasteiger charge is -2.08. The summed E-state index contributed by atoms with van der Waals surface area (Å²) in [7, 11) is 1.96. The first-order chi connectivity index (χ1) is 6.56. The van der Waals surface area contributed by atoms with Gasteiger partial charge < -0.3 is 5.73 Å². The Morgan fingerprint density at radius 2 is 2.21 bits per heavy atom. The third-order valence-electron chi connectivity index (χ3n) is 2.59. The molecule has 3 heteroatoms. The molecule has 1 rings (SSSR count). The van der Waals surface area contributed by atoms with Gasteiger partial charge in [-0.1, -0.05) is 6.08 Å². The molecule has 0 bridgehead atoms. The van der Waals surface area contributed by atoms with Crippen LogP contribution >= 0.6 is 0 Å². The van der Waals surface area contributed by atoms with Gasteiger partial charge in [-0.3, -0.25) is 4.68 Å². The number of aryl methyl sites for hydroxylation is 2. The monoisotopic (exact) mass is 193 g/mol.